The van der Waals surface area contributed by atoms with E-state index in [1.54, 1.807) is 0 Å². The summed E-state index contributed by atoms with van der Waals surface area (Å²) in [7, 11) is 0. The second-order valence-corrected chi connectivity index (χ2v) is 12.4. The molecule has 3 nitrogen and oxygen atoms in total. The van der Waals surface area contributed by atoms with Crippen molar-refractivity contribution in [1.82, 2.24) is 0 Å². The number of hydrogen-bond acceptors (Lipinski definition) is 4. The Kier molecular flexibility index (Phi) is 3.80. The van der Waals surface area contributed by atoms with Crippen LogP contribution in [0.2, 0.25) is 0 Å². The molecule has 2 bridgehead atoms. The largest absolute Gasteiger partial charge is 0.274 e. The van der Waals surface area contributed by atoms with Crippen molar-refractivity contribution in [2.24, 2.45) is 11.8 Å². The molecule has 0 radical (unpaired) electrons. The number of carbonyl (C=O) groups excluding carboxylic acids is 2. The van der Waals surface area contributed by atoms with Gasteiger partial charge in [0.2, 0.25) is 11.8 Å². The molecule has 37 heavy (non-hydrogen) atoms. The lowest BCUT2D eigenvalue weighted by molar-refractivity contribution is -0.122. The quantitative estimate of drug-likeness (QED) is 0.212. The van der Waals surface area contributed by atoms with Crippen molar-refractivity contribution in [3.63, 3.8) is 0 Å². The summed E-state index contributed by atoms with van der Waals surface area (Å²) < 4.78 is 3.89. The van der Waals surface area contributed by atoms with Crippen molar-refractivity contribution in [2.75, 3.05) is 4.90 Å². The molecular formula is C32H19NO2S2. The third-order valence-corrected chi connectivity index (χ3v) is 11.3. The first-order valence-corrected chi connectivity index (χ1v) is 14.2. The molecule has 4 atom stereocenters. The zero-order chi connectivity index (χ0) is 24.4. The lowest BCUT2D eigenvalue weighted by atomic mass is 9.57. The fourth-order valence-electron chi connectivity index (χ4n) is 7.19. The third-order valence-electron chi connectivity index (χ3n) is 8.62. The molecule has 0 saturated carbocycles. The first-order valence-electron chi connectivity index (χ1n) is 12.6. The van der Waals surface area contributed by atoms with Gasteiger partial charge in [-0.1, -0.05) is 66.7 Å². The molecule has 3 aliphatic carbocycles. The molecule has 4 aromatic carbocycles. The van der Waals surface area contributed by atoms with Gasteiger partial charge in [0, 0.05) is 26.8 Å². The van der Waals surface area contributed by atoms with E-state index in [4.69, 9.17) is 0 Å². The van der Waals surface area contributed by atoms with Crippen molar-refractivity contribution in [3.8, 4) is 0 Å². The third kappa shape index (κ3) is 2.42. The number of rotatable bonds is 1. The van der Waals surface area contributed by atoms with Crippen molar-refractivity contribution in [1.29, 1.82) is 0 Å². The van der Waals surface area contributed by atoms with Gasteiger partial charge in [0.1, 0.15) is 0 Å². The van der Waals surface area contributed by atoms with Crippen molar-refractivity contribution in [3.05, 3.63) is 113 Å². The highest BCUT2D eigenvalue weighted by atomic mass is 32.1. The molecule has 2 amide bonds. The van der Waals surface area contributed by atoms with Crippen LogP contribution in [0.1, 0.15) is 33.4 Å². The highest BCUT2D eigenvalue weighted by molar-refractivity contribution is 7.33. The average molecular weight is 514 g/mol. The molecule has 3 heterocycles. The Morgan fingerprint density at radius 3 is 2.00 bits per heavy atom. The Hall–Kier alpha value is -3.80. The normalized spacial score (nSPS) is 23.7. The predicted octanol–water partition coefficient (Wildman–Crippen LogP) is 7.67. The van der Waals surface area contributed by atoms with Gasteiger partial charge < -0.3 is 0 Å². The van der Waals surface area contributed by atoms with Gasteiger partial charge in [-0.25, -0.2) is 4.90 Å². The van der Waals surface area contributed by atoms with E-state index < -0.39 is 0 Å². The summed E-state index contributed by atoms with van der Waals surface area (Å²) in [5.74, 6) is -0.984. The summed E-state index contributed by atoms with van der Waals surface area (Å²) in [5, 5.41) is 3.78. The van der Waals surface area contributed by atoms with Crippen LogP contribution in [0.5, 0.6) is 0 Å². The Morgan fingerprint density at radius 1 is 0.622 bits per heavy atom. The van der Waals surface area contributed by atoms with Gasteiger partial charge in [0.05, 0.1) is 26.9 Å². The molecule has 5 heteroatoms. The zero-order valence-electron chi connectivity index (χ0n) is 19.5. The fraction of sp³-hybridized carbons (Fsp3) is 0.125. The molecule has 1 aliphatic heterocycles. The molecule has 10 rings (SSSR count). The number of imide groups is 1. The number of benzene rings is 4. The van der Waals surface area contributed by atoms with E-state index in [0.29, 0.717) is 5.69 Å². The number of hydrogen-bond donors (Lipinski definition) is 0. The summed E-state index contributed by atoms with van der Waals surface area (Å²) in [6, 6.07) is 31.1. The first kappa shape index (κ1) is 20.3. The lowest BCUT2D eigenvalue weighted by Crippen LogP contribution is -2.40. The molecule has 0 spiro atoms. The molecule has 1 saturated heterocycles. The van der Waals surface area contributed by atoms with Crippen molar-refractivity contribution in [2.45, 2.75) is 11.8 Å². The van der Waals surface area contributed by atoms with Gasteiger partial charge in [-0.15, -0.1) is 22.7 Å². The van der Waals surface area contributed by atoms with Crippen molar-refractivity contribution >= 4 is 70.4 Å². The van der Waals surface area contributed by atoms with Crippen LogP contribution in [0.3, 0.4) is 0 Å². The second-order valence-electron chi connectivity index (χ2n) is 10.3. The maximum absolute atomic E-state index is 14.1. The number of amides is 2. The summed E-state index contributed by atoms with van der Waals surface area (Å²) >= 11 is 3.69. The Labute approximate surface area is 220 Å². The number of nitrogens with zero attached hydrogens (tertiary/aromatic N) is 1. The van der Waals surface area contributed by atoms with Crippen LogP contribution in [-0.2, 0) is 9.59 Å². The Morgan fingerprint density at radius 2 is 1.24 bits per heavy atom. The van der Waals surface area contributed by atoms with Crippen LogP contribution in [-0.4, -0.2) is 11.8 Å². The maximum Gasteiger partial charge on any atom is 0.238 e. The first-order chi connectivity index (χ1) is 18.2. The molecule has 1 fully saturated rings. The highest BCUT2D eigenvalue weighted by Gasteiger charge is 2.63. The maximum atomic E-state index is 14.1. The van der Waals surface area contributed by atoms with E-state index in [2.05, 4.69) is 60.7 Å². The molecule has 2 aromatic heterocycles. The number of fused-ring (bicyclic) bond motifs is 4. The van der Waals surface area contributed by atoms with Crippen molar-refractivity contribution < 1.29 is 9.59 Å². The topological polar surface area (TPSA) is 37.4 Å². The number of para-hydroxylation sites is 1. The Bertz CT molecular complexity index is 1970. The minimum atomic E-state index is -0.359. The molecular weight excluding hydrogens is 494 g/mol. The van der Waals surface area contributed by atoms with Crippen LogP contribution < -0.4 is 4.90 Å². The van der Waals surface area contributed by atoms with Gasteiger partial charge >= 0.3 is 0 Å². The average Bonchev–Trinajstić information content (AvgIpc) is 3.56. The summed E-state index contributed by atoms with van der Waals surface area (Å²) in [6.07, 6.45) is 0. The van der Waals surface area contributed by atoms with Crippen LogP contribution in [0.25, 0.3) is 30.3 Å². The second kappa shape index (κ2) is 6.94. The van der Waals surface area contributed by atoms with Crippen LogP contribution in [0.15, 0.2) is 91.0 Å². The summed E-state index contributed by atoms with van der Waals surface area (Å²) in [6.45, 7) is 0. The van der Waals surface area contributed by atoms with E-state index >= 15 is 0 Å². The van der Waals surface area contributed by atoms with Crippen LogP contribution >= 0.6 is 22.7 Å². The SMILES string of the molecule is O=C1C2[C@@H]3c4ccccc4[C@@H](c4sc5c(sc6cc7ccccc7cc65)c43)[C@H]2C(=O)N1c1ccccc1. The van der Waals surface area contributed by atoms with E-state index in [-0.39, 0.29) is 35.5 Å². The smallest absolute Gasteiger partial charge is 0.238 e. The number of anilines is 1. The van der Waals surface area contributed by atoms with Crippen LogP contribution in [0, 0.1) is 11.8 Å². The van der Waals surface area contributed by atoms with E-state index in [1.807, 2.05) is 53.0 Å². The summed E-state index contributed by atoms with van der Waals surface area (Å²) in [5.41, 5.74) is 4.42. The molecule has 176 valence electrons. The van der Waals surface area contributed by atoms with Gasteiger partial charge in [-0.2, -0.15) is 0 Å². The minimum absolute atomic E-state index is 0.0519. The fourth-order valence-corrected chi connectivity index (χ4v) is 10.2. The van der Waals surface area contributed by atoms with Gasteiger partial charge in [-0.3, -0.25) is 9.59 Å². The van der Waals surface area contributed by atoms with Crippen LogP contribution in [0.4, 0.5) is 5.69 Å². The molecule has 6 aromatic rings. The van der Waals surface area contributed by atoms with E-state index in [1.165, 1.54) is 56.7 Å². The molecule has 1 unspecified atom stereocenters. The monoisotopic (exact) mass is 513 g/mol. The minimum Gasteiger partial charge on any atom is -0.274 e. The standard InChI is InChI=1S/C32H19NO2S2/c34-31-25-23-19-12-6-7-13-20(19)24(26(25)32(35)33(31)18-10-2-1-3-11-18)29-27(23)30-28(37-29)21-14-16-8-4-5-9-17(16)15-22(21)36-30/h1-15,23-26H/t23-,24+,25?,26+/m0/s1. The summed E-state index contributed by atoms with van der Waals surface area (Å²) in [4.78, 5) is 30.8. The number of carbonyl (C=O) groups is 2. The number of thiophene rings is 2. The van der Waals surface area contributed by atoms with Gasteiger partial charge in [0.15, 0.2) is 0 Å². The van der Waals surface area contributed by atoms with Gasteiger partial charge in [0.25, 0.3) is 0 Å². The molecule has 4 aliphatic rings. The Balaban J connectivity index is 1.32. The highest BCUT2D eigenvalue weighted by Crippen LogP contribution is 2.65. The van der Waals surface area contributed by atoms with E-state index in [9.17, 15) is 9.59 Å². The molecule has 0 N–H and O–H groups in total. The zero-order valence-corrected chi connectivity index (χ0v) is 21.2. The van der Waals surface area contributed by atoms with Gasteiger partial charge in [-0.05, 0) is 51.7 Å². The lowest BCUT2D eigenvalue weighted by Gasteiger charge is -2.44. The van der Waals surface area contributed by atoms with E-state index in [0.717, 1.165) is 0 Å². The predicted molar refractivity (Wildman–Crippen MR) is 151 cm³/mol.